The predicted octanol–water partition coefficient (Wildman–Crippen LogP) is 0.578. The van der Waals surface area contributed by atoms with Crippen LogP contribution in [0.1, 0.15) is 16.7 Å². The van der Waals surface area contributed by atoms with E-state index in [0.717, 1.165) is 18.7 Å². The molecule has 2 rings (SSSR count). The molecule has 0 aliphatic carbocycles. The number of hydrogen-bond acceptors (Lipinski definition) is 2. The number of benzene rings is 1. The lowest BCUT2D eigenvalue weighted by molar-refractivity contribution is -0.119. The van der Waals surface area contributed by atoms with Gasteiger partial charge in [-0.25, -0.2) is 0 Å². The molecule has 0 spiro atoms. The highest BCUT2D eigenvalue weighted by Gasteiger charge is 2.10. The molecule has 0 aromatic heterocycles. The van der Waals surface area contributed by atoms with Crippen LogP contribution in [-0.4, -0.2) is 13.0 Å². The quantitative estimate of drug-likeness (QED) is 0.716. The molecule has 0 saturated carbocycles. The number of likely N-dealkylation sites (N-methyl/N-ethyl adjacent to an activating group) is 1. The smallest absolute Gasteiger partial charge is 0.224 e. The summed E-state index contributed by atoms with van der Waals surface area (Å²) in [5, 5.41) is 5.91. The summed E-state index contributed by atoms with van der Waals surface area (Å²) in [5.41, 5.74) is 3.77. The zero-order chi connectivity index (χ0) is 9.97. The van der Waals surface area contributed by atoms with E-state index in [1.54, 1.807) is 7.05 Å². The highest BCUT2D eigenvalue weighted by molar-refractivity contribution is 5.78. The van der Waals surface area contributed by atoms with E-state index in [1.807, 2.05) is 6.07 Å². The van der Waals surface area contributed by atoms with E-state index in [1.165, 1.54) is 11.1 Å². The Morgan fingerprint density at radius 3 is 3.00 bits per heavy atom. The van der Waals surface area contributed by atoms with Crippen LogP contribution in [0.15, 0.2) is 18.2 Å². The van der Waals surface area contributed by atoms with E-state index >= 15 is 0 Å². The van der Waals surface area contributed by atoms with Gasteiger partial charge in [-0.15, -0.1) is 0 Å². The third kappa shape index (κ3) is 1.77. The first-order valence-corrected chi connectivity index (χ1v) is 4.81. The fourth-order valence-corrected chi connectivity index (χ4v) is 1.73. The molecule has 3 nitrogen and oxygen atoms in total. The lowest BCUT2D eigenvalue weighted by Crippen LogP contribution is -2.19. The van der Waals surface area contributed by atoms with Gasteiger partial charge in [-0.3, -0.25) is 4.79 Å². The molecule has 1 aliphatic heterocycles. The summed E-state index contributed by atoms with van der Waals surface area (Å²) in [6, 6.07) is 6.25. The summed E-state index contributed by atoms with van der Waals surface area (Å²) in [5.74, 6) is 0.0657. The highest BCUT2D eigenvalue weighted by atomic mass is 16.1. The van der Waals surface area contributed by atoms with Crippen LogP contribution in [0.25, 0.3) is 0 Å². The Balaban J connectivity index is 2.16. The van der Waals surface area contributed by atoms with Crippen LogP contribution in [0.5, 0.6) is 0 Å². The zero-order valence-electron chi connectivity index (χ0n) is 8.26. The summed E-state index contributed by atoms with van der Waals surface area (Å²) in [6.45, 7) is 1.88. The minimum Gasteiger partial charge on any atom is -0.359 e. The van der Waals surface area contributed by atoms with E-state index < -0.39 is 0 Å². The number of nitrogens with one attached hydrogen (secondary N) is 2. The molecule has 3 heteroatoms. The standard InChI is InChI=1S/C11H14N2O/c1-12-11(14)5-8-2-3-9-6-13-7-10(9)4-8/h2-4,13H,5-7H2,1H3,(H,12,14). The van der Waals surface area contributed by atoms with Gasteiger partial charge >= 0.3 is 0 Å². The molecule has 0 bridgehead atoms. The van der Waals surface area contributed by atoms with Crippen molar-refractivity contribution in [1.29, 1.82) is 0 Å². The van der Waals surface area contributed by atoms with Gasteiger partial charge in [-0.2, -0.15) is 0 Å². The van der Waals surface area contributed by atoms with Crippen LogP contribution >= 0.6 is 0 Å². The second-order valence-electron chi connectivity index (χ2n) is 3.56. The van der Waals surface area contributed by atoms with Gasteiger partial charge < -0.3 is 10.6 Å². The Kier molecular flexibility index (Phi) is 2.50. The van der Waals surface area contributed by atoms with Crippen LogP contribution in [0.4, 0.5) is 0 Å². The topological polar surface area (TPSA) is 41.1 Å². The maximum absolute atomic E-state index is 11.2. The average Bonchev–Trinajstić information content (AvgIpc) is 2.64. The average molecular weight is 190 g/mol. The zero-order valence-corrected chi connectivity index (χ0v) is 8.26. The van der Waals surface area contributed by atoms with E-state index in [2.05, 4.69) is 22.8 Å². The Morgan fingerprint density at radius 2 is 2.21 bits per heavy atom. The first kappa shape index (κ1) is 9.21. The first-order valence-electron chi connectivity index (χ1n) is 4.81. The lowest BCUT2D eigenvalue weighted by atomic mass is 10.0. The lowest BCUT2D eigenvalue weighted by Gasteiger charge is -2.03. The van der Waals surface area contributed by atoms with Crippen molar-refractivity contribution in [2.75, 3.05) is 7.05 Å². The van der Waals surface area contributed by atoms with Gasteiger partial charge in [0.1, 0.15) is 0 Å². The van der Waals surface area contributed by atoms with Gasteiger partial charge in [0.2, 0.25) is 5.91 Å². The second-order valence-corrected chi connectivity index (χ2v) is 3.56. The summed E-state index contributed by atoms with van der Waals surface area (Å²) < 4.78 is 0. The third-order valence-corrected chi connectivity index (χ3v) is 2.55. The van der Waals surface area contributed by atoms with Crippen LogP contribution in [-0.2, 0) is 24.3 Å². The molecule has 1 heterocycles. The molecule has 14 heavy (non-hydrogen) atoms. The van der Waals surface area contributed by atoms with Crippen LogP contribution in [0.2, 0.25) is 0 Å². The van der Waals surface area contributed by atoms with E-state index in [-0.39, 0.29) is 5.91 Å². The van der Waals surface area contributed by atoms with Crippen molar-refractivity contribution in [1.82, 2.24) is 10.6 Å². The number of rotatable bonds is 2. The molecular formula is C11H14N2O. The minimum atomic E-state index is 0.0657. The molecule has 0 unspecified atom stereocenters. The number of carbonyl (C=O) groups excluding carboxylic acids is 1. The van der Waals surface area contributed by atoms with Gasteiger partial charge in [0.25, 0.3) is 0 Å². The van der Waals surface area contributed by atoms with Gasteiger partial charge in [0.15, 0.2) is 0 Å². The number of amides is 1. The van der Waals surface area contributed by atoms with Crippen molar-refractivity contribution in [3.63, 3.8) is 0 Å². The fourth-order valence-electron chi connectivity index (χ4n) is 1.73. The van der Waals surface area contributed by atoms with Crippen molar-refractivity contribution in [2.45, 2.75) is 19.5 Å². The van der Waals surface area contributed by atoms with E-state index in [9.17, 15) is 4.79 Å². The molecular weight excluding hydrogens is 176 g/mol. The normalized spacial score (nSPS) is 13.8. The Labute approximate surface area is 83.5 Å². The van der Waals surface area contributed by atoms with Crippen molar-refractivity contribution in [3.05, 3.63) is 34.9 Å². The molecule has 1 amide bonds. The van der Waals surface area contributed by atoms with Gasteiger partial charge in [0.05, 0.1) is 6.42 Å². The molecule has 2 N–H and O–H groups in total. The summed E-state index contributed by atoms with van der Waals surface area (Å²) >= 11 is 0. The highest BCUT2D eigenvalue weighted by Crippen LogP contribution is 2.17. The van der Waals surface area contributed by atoms with Gasteiger partial charge in [0, 0.05) is 20.1 Å². The Bertz CT molecular complexity index is 360. The molecule has 1 aromatic rings. The van der Waals surface area contributed by atoms with Crippen molar-refractivity contribution in [3.8, 4) is 0 Å². The molecule has 1 aliphatic rings. The molecule has 0 saturated heterocycles. The maximum Gasteiger partial charge on any atom is 0.224 e. The van der Waals surface area contributed by atoms with Crippen LogP contribution < -0.4 is 10.6 Å². The fraction of sp³-hybridized carbons (Fsp3) is 0.364. The maximum atomic E-state index is 11.2. The molecule has 0 fully saturated rings. The van der Waals surface area contributed by atoms with E-state index in [4.69, 9.17) is 0 Å². The molecule has 74 valence electrons. The predicted molar refractivity (Wildman–Crippen MR) is 54.8 cm³/mol. The first-order chi connectivity index (χ1) is 6.79. The summed E-state index contributed by atoms with van der Waals surface area (Å²) in [4.78, 5) is 11.2. The Hall–Kier alpha value is -1.35. The SMILES string of the molecule is CNC(=O)Cc1ccc2c(c1)CNC2. The monoisotopic (exact) mass is 190 g/mol. The number of hydrogen-bond donors (Lipinski definition) is 2. The van der Waals surface area contributed by atoms with Crippen LogP contribution in [0.3, 0.4) is 0 Å². The van der Waals surface area contributed by atoms with Crippen molar-refractivity contribution >= 4 is 5.91 Å². The summed E-state index contributed by atoms with van der Waals surface area (Å²) in [7, 11) is 1.66. The van der Waals surface area contributed by atoms with Gasteiger partial charge in [-0.1, -0.05) is 18.2 Å². The molecule has 0 radical (unpaired) electrons. The minimum absolute atomic E-state index is 0.0657. The second kappa shape index (κ2) is 3.80. The largest absolute Gasteiger partial charge is 0.359 e. The molecule has 0 atom stereocenters. The number of carbonyl (C=O) groups is 1. The molecule has 1 aromatic carbocycles. The Morgan fingerprint density at radius 1 is 1.43 bits per heavy atom. The van der Waals surface area contributed by atoms with Crippen molar-refractivity contribution in [2.24, 2.45) is 0 Å². The van der Waals surface area contributed by atoms with E-state index in [0.29, 0.717) is 6.42 Å². The van der Waals surface area contributed by atoms with Crippen LogP contribution in [0, 0.1) is 0 Å². The summed E-state index contributed by atoms with van der Waals surface area (Å²) in [6.07, 6.45) is 0.476. The van der Waals surface area contributed by atoms with Gasteiger partial charge in [-0.05, 0) is 16.7 Å². The number of fused-ring (bicyclic) bond motifs is 1. The third-order valence-electron chi connectivity index (χ3n) is 2.55. The van der Waals surface area contributed by atoms with Crippen molar-refractivity contribution < 1.29 is 4.79 Å².